The molecular weight excluding hydrogens is 341 g/mol. The van der Waals surface area contributed by atoms with Crippen molar-refractivity contribution in [1.29, 1.82) is 0 Å². The number of rotatable bonds is 4. The van der Waals surface area contributed by atoms with Crippen LogP contribution in [-0.2, 0) is 9.53 Å². The molecule has 1 aromatic carbocycles. The van der Waals surface area contributed by atoms with E-state index in [2.05, 4.69) is 5.32 Å². The van der Waals surface area contributed by atoms with Crippen LogP contribution in [0.15, 0.2) is 18.2 Å². The van der Waals surface area contributed by atoms with Crippen molar-refractivity contribution in [1.82, 2.24) is 10.4 Å². The van der Waals surface area contributed by atoms with E-state index in [1.807, 2.05) is 0 Å². The molecule has 2 bridgehead atoms. The van der Waals surface area contributed by atoms with E-state index in [-0.39, 0.29) is 29.9 Å². The zero-order valence-corrected chi connectivity index (χ0v) is 14.5. The van der Waals surface area contributed by atoms with E-state index in [9.17, 15) is 19.2 Å². The molecule has 1 saturated carbocycles. The third-order valence-corrected chi connectivity index (χ3v) is 5.65. The van der Waals surface area contributed by atoms with Gasteiger partial charge >= 0.3 is 6.09 Å². The van der Waals surface area contributed by atoms with Gasteiger partial charge in [-0.25, -0.2) is 9.18 Å². The fourth-order valence-corrected chi connectivity index (χ4v) is 4.34. The molecule has 0 radical (unpaired) electrons. The molecule has 4 rings (SSSR count). The van der Waals surface area contributed by atoms with Gasteiger partial charge in [0.2, 0.25) is 5.91 Å². The van der Waals surface area contributed by atoms with Crippen molar-refractivity contribution in [3.05, 3.63) is 34.8 Å². The van der Waals surface area contributed by atoms with E-state index in [0.717, 1.165) is 26.3 Å². The summed E-state index contributed by atoms with van der Waals surface area (Å²) >= 11 is 0. The molecule has 3 aliphatic rings. The highest BCUT2D eigenvalue weighted by Crippen LogP contribution is 2.44. The van der Waals surface area contributed by atoms with Gasteiger partial charge in [-0.05, 0) is 48.9 Å². The Morgan fingerprint density at radius 2 is 2.27 bits per heavy atom. The average Bonchev–Trinajstić information content (AvgIpc) is 3.30. The molecule has 2 saturated heterocycles. The summed E-state index contributed by atoms with van der Waals surface area (Å²) in [5.74, 6) is -0.269. The molecular formula is C18H21FN3O4-. The first kappa shape index (κ1) is 17.2. The summed E-state index contributed by atoms with van der Waals surface area (Å²) in [5.41, 5.74) is 1.11. The Morgan fingerprint density at radius 1 is 1.46 bits per heavy atom. The van der Waals surface area contributed by atoms with Crippen LogP contribution in [-0.4, -0.2) is 48.8 Å². The number of hydrogen-bond donors (Lipinski definition) is 1. The Kier molecular flexibility index (Phi) is 4.32. The molecule has 2 amide bonds. The Balaban J connectivity index is 1.47. The lowest BCUT2D eigenvalue weighted by molar-refractivity contribution is -0.127. The number of ether oxygens (including phenoxy) is 1. The van der Waals surface area contributed by atoms with Crippen LogP contribution in [0.5, 0.6) is 0 Å². The number of nitrogens with zero attached hydrogens (tertiary/aromatic N) is 2. The molecule has 0 aromatic heterocycles. The van der Waals surface area contributed by atoms with E-state index in [4.69, 9.17) is 4.74 Å². The lowest BCUT2D eigenvalue weighted by Gasteiger charge is -2.28. The number of amides is 2. The van der Waals surface area contributed by atoms with Crippen molar-refractivity contribution in [2.75, 3.05) is 24.5 Å². The summed E-state index contributed by atoms with van der Waals surface area (Å²) in [6.07, 6.45) is 0.680. The SMILES string of the molecule is CC(=O)N([O-])CC1CN(c2ccc(C3C[C@H]4C[C@@H]3CN4)c(F)c2)C(=O)O1. The molecule has 2 aliphatic heterocycles. The summed E-state index contributed by atoms with van der Waals surface area (Å²) in [5, 5.41) is 15.1. The van der Waals surface area contributed by atoms with Crippen molar-refractivity contribution in [2.24, 2.45) is 5.92 Å². The number of fused-ring (bicyclic) bond motifs is 2. The Bertz CT molecular complexity index is 743. The van der Waals surface area contributed by atoms with E-state index < -0.39 is 18.1 Å². The lowest BCUT2D eigenvalue weighted by atomic mass is 9.87. The Labute approximate surface area is 150 Å². The highest BCUT2D eigenvalue weighted by atomic mass is 19.1. The lowest BCUT2D eigenvalue weighted by Crippen LogP contribution is -2.34. The highest BCUT2D eigenvalue weighted by molar-refractivity contribution is 5.89. The van der Waals surface area contributed by atoms with Crippen molar-refractivity contribution >= 4 is 17.7 Å². The zero-order chi connectivity index (χ0) is 18.4. The second-order valence-electron chi connectivity index (χ2n) is 7.35. The molecule has 0 spiro atoms. The molecule has 7 nitrogen and oxygen atoms in total. The molecule has 140 valence electrons. The summed E-state index contributed by atoms with van der Waals surface area (Å²) in [6.45, 7) is 1.97. The van der Waals surface area contributed by atoms with E-state index in [0.29, 0.717) is 23.2 Å². The number of carbonyl (C=O) groups excluding carboxylic acids is 2. The minimum Gasteiger partial charge on any atom is -0.756 e. The number of hydrogen-bond acceptors (Lipinski definition) is 5. The van der Waals surface area contributed by atoms with Gasteiger partial charge in [0.25, 0.3) is 0 Å². The molecule has 4 atom stereocenters. The second kappa shape index (κ2) is 6.51. The van der Waals surface area contributed by atoms with E-state index >= 15 is 0 Å². The molecule has 26 heavy (non-hydrogen) atoms. The van der Waals surface area contributed by atoms with Crippen LogP contribution in [0.2, 0.25) is 0 Å². The van der Waals surface area contributed by atoms with Gasteiger partial charge in [0, 0.05) is 19.5 Å². The standard InChI is InChI=1S/C18H21FN3O4/c1-10(23)22(25)9-14-8-21(18(24)26-14)13-2-3-15(17(19)6-13)16-5-12-4-11(16)7-20-12/h2-3,6,11-12,14,16,20H,4-5,7-9H2,1H3/q-1/t11-,12-,14?,16?/m1/s1. The van der Waals surface area contributed by atoms with Gasteiger partial charge in [-0.1, -0.05) is 6.07 Å². The topological polar surface area (TPSA) is 84.9 Å². The number of benzene rings is 1. The van der Waals surface area contributed by atoms with Crippen LogP contribution in [0.25, 0.3) is 0 Å². The maximum atomic E-state index is 14.7. The van der Waals surface area contributed by atoms with E-state index in [1.165, 1.54) is 11.0 Å². The second-order valence-corrected chi connectivity index (χ2v) is 7.35. The predicted octanol–water partition coefficient (Wildman–Crippen LogP) is 1.96. The maximum absolute atomic E-state index is 14.7. The quantitative estimate of drug-likeness (QED) is 0.828. The summed E-state index contributed by atoms with van der Waals surface area (Å²) in [7, 11) is 0. The number of anilines is 1. The molecule has 1 aliphatic carbocycles. The minimum absolute atomic E-state index is 0.113. The number of nitrogens with one attached hydrogen (secondary N) is 1. The zero-order valence-electron chi connectivity index (χ0n) is 14.5. The van der Waals surface area contributed by atoms with Crippen molar-refractivity contribution in [2.45, 2.75) is 37.8 Å². The van der Waals surface area contributed by atoms with Crippen LogP contribution in [0.3, 0.4) is 0 Å². The third kappa shape index (κ3) is 3.03. The molecule has 2 heterocycles. The Morgan fingerprint density at radius 3 is 2.88 bits per heavy atom. The first-order valence-electron chi connectivity index (χ1n) is 8.88. The average molecular weight is 362 g/mol. The van der Waals surface area contributed by atoms with Crippen LogP contribution in [0.1, 0.15) is 31.2 Å². The van der Waals surface area contributed by atoms with Gasteiger partial charge in [0.15, 0.2) is 0 Å². The van der Waals surface area contributed by atoms with Gasteiger partial charge in [-0.3, -0.25) is 9.69 Å². The van der Waals surface area contributed by atoms with Gasteiger partial charge < -0.3 is 20.3 Å². The minimum atomic E-state index is -0.719. The van der Waals surface area contributed by atoms with Gasteiger partial charge in [-0.2, -0.15) is 0 Å². The summed E-state index contributed by atoms with van der Waals surface area (Å²) in [4.78, 5) is 24.4. The number of hydroxylamine groups is 2. The molecule has 3 fully saturated rings. The summed E-state index contributed by atoms with van der Waals surface area (Å²) < 4.78 is 19.8. The normalized spacial score (nSPS) is 30.0. The maximum Gasteiger partial charge on any atom is 0.414 e. The Hall–Kier alpha value is -2.19. The van der Waals surface area contributed by atoms with Crippen molar-refractivity contribution in [3.63, 3.8) is 0 Å². The van der Waals surface area contributed by atoms with Gasteiger partial charge in [0.1, 0.15) is 11.9 Å². The number of piperidine rings is 1. The largest absolute Gasteiger partial charge is 0.756 e. The fourth-order valence-electron chi connectivity index (χ4n) is 4.34. The smallest absolute Gasteiger partial charge is 0.414 e. The third-order valence-electron chi connectivity index (χ3n) is 5.65. The fraction of sp³-hybridized carbons (Fsp3) is 0.556. The predicted molar refractivity (Wildman–Crippen MR) is 92.0 cm³/mol. The van der Waals surface area contributed by atoms with Crippen LogP contribution in [0, 0.1) is 16.9 Å². The molecule has 8 heteroatoms. The first-order chi connectivity index (χ1) is 12.4. The molecule has 1 N–H and O–H groups in total. The van der Waals surface area contributed by atoms with Gasteiger partial charge in [0.05, 0.1) is 12.2 Å². The molecule has 1 aromatic rings. The number of carbonyl (C=O) groups is 2. The van der Waals surface area contributed by atoms with Crippen LogP contribution >= 0.6 is 0 Å². The van der Waals surface area contributed by atoms with Crippen LogP contribution < -0.4 is 10.2 Å². The van der Waals surface area contributed by atoms with Crippen molar-refractivity contribution < 1.29 is 18.7 Å². The van der Waals surface area contributed by atoms with Crippen LogP contribution in [0.4, 0.5) is 14.9 Å². The first-order valence-corrected chi connectivity index (χ1v) is 8.88. The highest BCUT2D eigenvalue weighted by Gasteiger charge is 2.41. The van der Waals surface area contributed by atoms with E-state index in [1.54, 1.807) is 12.1 Å². The number of halogens is 1. The van der Waals surface area contributed by atoms with Crippen molar-refractivity contribution in [3.8, 4) is 0 Å². The molecule has 2 unspecified atom stereocenters. The number of cyclic esters (lactones) is 1. The van der Waals surface area contributed by atoms with Gasteiger partial charge in [-0.15, -0.1) is 0 Å². The summed E-state index contributed by atoms with van der Waals surface area (Å²) in [6, 6.07) is 5.32. The monoisotopic (exact) mass is 362 g/mol.